The number of hydrogen-bond donors (Lipinski definition) is 6. The molecule has 2 atom stereocenters. The number of carbonyl (C=O) groups is 2. The van der Waals surface area contributed by atoms with Crippen LogP contribution in [0.2, 0.25) is 0 Å². The molecule has 0 saturated carbocycles. The second kappa shape index (κ2) is 12.0. The number of ether oxygens (including phenoxy) is 2. The Morgan fingerprint density at radius 3 is 1.40 bits per heavy atom. The first-order chi connectivity index (χ1) is 19.6. The van der Waals surface area contributed by atoms with Crippen LogP contribution in [0, 0.1) is 0 Å². The molecule has 6 N–H and O–H groups in total. The Hall–Kier alpha value is -5.34. The highest BCUT2D eigenvalue weighted by atomic mass is 16.5. The van der Waals surface area contributed by atoms with Crippen molar-refractivity contribution in [1.29, 1.82) is 0 Å². The van der Waals surface area contributed by atoms with Crippen LogP contribution in [0.3, 0.4) is 0 Å². The van der Waals surface area contributed by atoms with Gasteiger partial charge in [0.25, 0.3) is 11.8 Å². The number of nitrogens with zero attached hydrogens (tertiary/aromatic N) is 4. The number of amides is 2. The maximum Gasteiger partial charge on any atom is 0.277 e. The van der Waals surface area contributed by atoms with Crippen LogP contribution in [0.15, 0.2) is 73.3 Å². The van der Waals surface area contributed by atoms with Gasteiger partial charge < -0.3 is 20.1 Å². The van der Waals surface area contributed by atoms with Crippen LogP contribution in [0.25, 0.3) is 0 Å². The molecule has 0 spiro atoms. The Bertz CT molecular complexity index is 1370. The highest BCUT2D eigenvalue weighted by Crippen LogP contribution is 2.34. The number of para-hydroxylation sites is 2. The summed E-state index contributed by atoms with van der Waals surface area (Å²) in [5.74, 6) is 1.19. The molecule has 4 heterocycles. The van der Waals surface area contributed by atoms with Gasteiger partial charge in [0.2, 0.25) is 11.9 Å². The number of nitrogens with one attached hydrogen (secondary N) is 4. The van der Waals surface area contributed by atoms with Gasteiger partial charge in [0.05, 0.1) is 23.2 Å². The summed E-state index contributed by atoms with van der Waals surface area (Å²) in [6.45, 7) is 1.00. The summed E-state index contributed by atoms with van der Waals surface area (Å²) in [6.07, 6.45) is 5.34. The van der Waals surface area contributed by atoms with E-state index in [4.69, 9.17) is 19.9 Å². The third-order valence-electron chi connectivity index (χ3n) is 6.04. The molecule has 2 aliphatic rings. The number of hydroxylamine groups is 2. The first kappa shape index (κ1) is 26.3. The number of aromatic nitrogens is 4. The van der Waals surface area contributed by atoms with Crippen molar-refractivity contribution in [3.8, 4) is 11.5 Å². The molecule has 0 radical (unpaired) electrons. The number of hydrogen-bond acceptors (Lipinski definition) is 12. The van der Waals surface area contributed by atoms with E-state index in [1.165, 1.54) is 35.7 Å². The van der Waals surface area contributed by atoms with Crippen molar-refractivity contribution in [3.05, 3.63) is 95.6 Å². The maximum atomic E-state index is 11.2. The van der Waals surface area contributed by atoms with Gasteiger partial charge >= 0.3 is 0 Å². The molecule has 14 nitrogen and oxygen atoms in total. The van der Waals surface area contributed by atoms with Gasteiger partial charge in [-0.3, -0.25) is 20.0 Å². The minimum atomic E-state index is -0.647. The third-order valence-corrected chi connectivity index (χ3v) is 6.04. The van der Waals surface area contributed by atoms with Crippen molar-refractivity contribution < 1.29 is 29.5 Å². The van der Waals surface area contributed by atoms with Crippen molar-refractivity contribution in [2.75, 3.05) is 23.8 Å². The van der Waals surface area contributed by atoms with E-state index < -0.39 is 11.8 Å². The summed E-state index contributed by atoms with van der Waals surface area (Å²) in [7, 11) is 0. The van der Waals surface area contributed by atoms with Crippen molar-refractivity contribution in [3.63, 3.8) is 0 Å². The van der Waals surface area contributed by atoms with E-state index in [2.05, 4.69) is 30.6 Å². The standard InChI is InChI=1S/2C13H12N4O3/c2*18-12(17-19)8-5-14-13(15-6-8)16-10-7-20-11-4-2-1-3-9(10)11/h2*1-6,10,19H,7H2,(H,17,18)(H,14,15,16)/t2*10-/m00/s1. The lowest BCUT2D eigenvalue weighted by molar-refractivity contribution is 0.0701. The Kier molecular flexibility index (Phi) is 7.89. The molecule has 0 bridgehead atoms. The first-order valence-corrected chi connectivity index (χ1v) is 12.0. The monoisotopic (exact) mass is 544 g/mol. The average Bonchev–Trinajstić information content (AvgIpc) is 3.61. The highest BCUT2D eigenvalue weighted by molar-refractivity contribution is 5.93. The first-order valence-electron chi connectivity index (χ1n) is 12.0. The number of anilines is 2. The predicted octanol–water partition coefficient (Wildman–Crippen LogP) is 2.28. The Labute approximate surface area is 227 Å². The SMILES string of the molecule is O=C(NO)c1cnc(N[C@H]2COc3ccccc32)nc1.O=C(NO)c1cnc(N[C@H]2COc3ccccc32)nc1. The highest BCUT2D eigenvalue weighted by Gasteiger charge is 2.25. The van der Waals surface area contributed by atoms with Gasteiger partial charge in [-0.2, -0.15) is 0 Å². The lowest BCUT2D eigenvalue weighted by Crippen LogP contribution is -2.20. The van der Waals surface area contributed by atoms with Crippen LogP contribution in [-0.4, -0.2) is 55.4 Å². The zero-order valence-electron chi connectivity index (χ0n) is 20.8. The molecule has 0 unspecified atom stereocenters. The van der Waals surface area contributed by atoms with Crippen LogP contribution in [0.1, 0.15) is 43.9 Å². The topological polar surface area (TPSA) is 193 Å². The van der Waals surface area contributed by atoms with E-state index >= 15 is 0 Å². The van der Waals surface area contributed by atoms with Gasteiger partial charge in [-0.15, -0.1) is 0 Å². The number of carbonyl (C=O) groups excluding carboxylic acids is 2. The number of rotatable bonds is 6. The number of benzene rings is 2. The Balaban J connectivity index is 0.000000161. The van der Waals surface area contributed by atoms with E-state index in [1.807, 2.05) is 48.5 Å². The quantitative estimate of drug-likeness (QED) is 0.153. The van der Waals surface area contributed by atoms with Crippen LogP contribution in [0.4, 0.5) is 11.9 Å². The van der Waals surface area contributed by atoms with E-state index in [0.717, 1.165) is 22.6 Å². The summed E-state index contributed by atoms with van der Waals surface area (Å²) in [5.41, 5.74) is 5.52. The molecule has 2 amide bonds. The molecule has 6 rings (SSSR count). The second-order valence-electron chi connectivity index (χ2n) is 8.56. The summed E-state index contributed by atoms with van der Waals surface area (Å²) in [5, 5.41) is 23.3. The number of fused-ring (bicyclic) bond motifs is 2. The van der Waals surface area contributed by atoms with Gasteiger partial charge in [-0.25, -0.2) is 30.9 Å². The molecule has 4 aromatic rings. The minimum absolute atomic E-state index is 0.0243. The van der Waals surface area contributed by atoms with Crippen molar-refractivity contribution >= 4 is 23.7 Å². The van der Waals surface area contributed by atoms with E-state index in [9.17, 15) is 9.59 Å². The van der Waals surface area contributed by atoms with Crippen LogP contribution < -0.4 is 31.1 Å². The zero-order chi connectivity index (χ0) is 27.9. The Morgan fingerprint density at radius 2 is 1.02 bits per heavy atom. The Morgan fingerprint density at radius 1 is 0.650 bits per heavy atom. The third kappa shape index (κ3) is 5.87. The molecular formula is C26H24N8O6. The van der Waals surface area contributed by atoms with E-state index in [0.29, 0.717) is 25.1 Å². The predicted molar refractivity (Wildman–Crippen MR) is 139 cm³/mol. The van der Waals surface area contributed by atoms with E-state index in [1.54, 1.807) is 0 Å². The van der Waals surface area contributed by atoms with Crippen molar-refractivity contribution in [2.45, 2.75) is 12.1 Å². The summed E-state index contributed by atoms with van der Waals surface area (Å²) < 4.78 is 11.1. The zero-order valence-corrected chi connectivity index (χ0v) is 20.8. The normalized spacial score (nSPS) is 16.1. The van der Waals surface area contributed by atoms with Gasteiger partial charge in [0.15, 0.2) is 0 Å². The molecule has 40 heavy (non-hydrogen) atoms. The second-order valence-corrected chi connectivity index (χ2v) is 8.56. The molecule has 0 fully saturated rings. The molecule has 2 aromatic heterocycles. The lowest BCUT2D eigenvalue weighted by atomic mass is 10.1. The van der Waals surface area contributed by atoms with Gasteiger partial charge in [-0.05, 0) is 12.1 Å². The van der Waals surface area contributed by atoms with Crippen LogP contribution >= 0.6 is 0 Å². The maximum absolute atomic E-state index is 11.2. The summed E-state index contributed by atoms with van der Waals surface area (Å²) >= 11 is 0. The fraction of sp³-hybridized carbons (Fsp3) is 0.154. The fourth-order valence-electron chi connectivity index (χ4n) is 4.04. The smallest absolute Gasteiger partial charge is 0.277 e. The van der Waals surface area contributed by atoms with Crippen LogP contribution in [-0.2, 0) is 0 Å². The van der Waals surface area contributed by atoms with E-state index in [-0.39, 0.29) is 23.2 Å². The molecule has 0 aliphatic carbocycles. The van der Waals surface area contributed by atoms with Gasteiger partial charge in [0.1, 0.15) is 24.7 Å². The molecular weight excluding hydrogens is 520 g/mol. The minimum Gasteiger partial charge on any atom is -0.491 e. The lowest BCUT2D eigenvalue weighted by Gasteiger charge is -2.11. The fourth-order valence-corrected chi connectivity index (χ4v) is 4.04. The van der Waals surface area contributed by atoms with Gasteiger partial charge in [-0.1, -0.05) is 36.4 Å². The summed E-state index contributed by atoms with van der Waals surface area (Å²) in [6, 6.07) is 15.4. The molecule has 2 aromatic carbocycles. The van der Waals surface area contributed by atoms with Crippen molar-refractivity contribution in [2.24, 2.45) is 0 Å². The molecule has 14 heteroatoms. The molecule has 204 valence electrons. The van der Waals surface area contributed by atoms with Crippen LogP contribution in [0.5, 0.6) is 11.5 Å². The summed E-state index contributed by atoms with van der Waals surface area (Å²) in [4.78, 5) is 38.4. The average molecular weight is 545 g/mol. The molecule has 2 aliphatic heterocycles. The largest absolute Gasteiger partial charge is 0.491 e. The molecule has 0 saturated heterocycles. The van der Waals surface area contributed by atoms with Gasteiger partial charge in [0, 0.05) is 35.9 Å². The van der Waals surface area contributed by atoms with Crippen molar-refractivity contribution in [1.82, 2.24) is 30.9 Å².